The van der Waals surface area contributed by atoms with Crippen LogP contribution in [0.3, 0.4) is 0 Å². The SMILES string of the molecule is N#Cc1cccc(OCCCOc2cccc(I)c2)c1. The lowest BCUT2D eigenvalue weighted by atomic mass is 10.2. The number of hydrogen-bond donors (Lipinski definition) is 0. The van der Waals surface area contributed by atoms with Gasteiger partial charge in [0.15, 0.2) is 0 Å². The Morgan fingerprint density at radius 1 is 0.950 bits per heavy atom. The Balaban J connectivity index is 1.70. The molecule has 2 aromatic rings. The van der Waals surface area contributed by atoms with Crippen molar-refractivity contribution < 1.29 is 9.47 Å². The van der Waals surface area contributed by atoms with Gasteiger partial charge in [0.25, 0.3) is 0 Å². The highest BCUT2D eigenvalue weighted by molar-refractivity contribution is 14.1. The fraction of sp³-hybridized carbons (Fsp3) is 0.188. The fourth-order valence-corrected chi connectivity index (χ4v) is 2.17. The summed E-state index contributed by atoms with van der Waals surface area (Å²) < 4.78 is 12.4. The van der Waals surface area contributed by atoms with Gasteiger partial charge in [-0.3, -0.25) is 0 Å². The van der Waals surface area contributed by atoms with E-state index in [1.807, 2.05) is 36.4 Å². The highest BCUT2D eigenvalue weighted by Gasteiger charge is 1.97. The molecule has 0 atom stereocenters. The zero-order valence-corrected chi connectivity index (χ0v) is 13.0. The number of benzene rings is 2. The van der Waals surface area contributed by atoms with Crippen LogP contribution in [0.2, 0.25) is 0 Å². The van der Waals surface area contributed by atoms with Crippen LogP contribution >= 0.6 is 22.6 Å². The molecule has 0 amide bonds. The summed E-state index contributed by atoms with van der Waals surface area (Å²) in [4.78, 5) is 0. The second-order valence-corrected chi connectivity index (χ2v) is 5.39. The van der Waals surface area contributed by atoms with Crippen molar-refractivity contribution in [3.63, 3.8) is 0 Å². The minimum Gasteiger partial charge on any atom is -0.493 e. The number of nitrogens with zero attached hydrogens (tertiary/aromatic N) is 1. The summed E-state index contributed by atoms with van der Waals surface area (Å²) in [5, 5.41) is 8.79. The molecule has 0 saturated carbocycles. The van der Waals surface area contributed by atoms with Crippen LogP contribution in [-0.4, -0.2) is 13.2 Å². The number of ether oxygens (including phenoxy) is 2. The normalized spacial score (nSPS) is 9.80. The van der Waals surface area contributed by atoms with Crippen LogP contribution in [0.5, 0.6) is 11.5 Å². The molecule has 0 N–H and O–H groups in total. The first-order valence-corrected chi connectivity index (χ1v) is 7.37. The molecule has 0 aliphatic carbocycles. The molecule has 102 valence electrons. The van der Waals surface area contributed by atoms with E-state index in [0.29, 0.717) is 18.8 Å². The summed E-state index contributed by atoms with van der Waals surface area (Å²) in [5.41, 5.74) is 0.609. The van der Waals surface area contributed by atoms with Gasteiger partial charge >= 0.3 is 0 Å². The van der Waals surface area contributed by atoms with Crippen LogP contribution in [0.25, 0.3) is 0 Å². The summed E-state index contributed by atoms with van der Waals surface area (Å²) in [5.74, 6) is 1.60. The summed E-state index contributed by atoms with van der Waals surface area (Å²) in [7, 11) is 0. The zero-order valence-electron chi connectivity index (χ0n) is 10.9. The van der Waals surface area contributed by atoms with Crippen LogP contribution < -0.4 is 9.47 Å². The molecule has 0 fully saturated rings. The van der Waals surface area contributed by atoms with Gasteiger partial charge in [0.1, 0.15) is 11.5 Å². The van der Waals surface area contributed by atoms with E-state index in [0.717, 1.165) is 21.5 Å². The van der Waals surface area contributed by atoms with Crippen molar-refractivity contribution in [2.24, 2.45) is 0 Å². The minimum absolute atomic E-state index is 0.568. The molecule has 0 aliphatic heterocycles. The van der Waals surface area contributed by atoms with E-state index in [4.69, 9.17) is 14.7 Å². The molecule has 3 nitrogen and oxygen atoms in total. The Morgan fingerprint density at radius 2 is 1.60 bits per heavy atom. The molecule has 4 heteroatoms. The van der Waals surface area contributed by atoms with Crippen LogP contribution in [0, 0.1) is 14.9 Å². The number of rotatable bonds is 6. The molecule has 2 aromatic carbocycles. The lowest BCUT2D eigenvalue weighted by Gasteiger charge is -2.08. The average Bonchev–Trinajstić information content (AvgIpc) is 2.47. The molecular weight excluding hydrogens is 365 g/mol. The van der Waals surface area contributed by atoms with Crippen molar-refractivity contribution >= 4 is 22.6 Å². The van der Waals surface area contributed by atoms with Crippen molar-refractivity contribution in [2.75, 3.05) is 13.2 Å². The smallest absolute Gasteiger partial charge is 0.120 e. The summed E-state index contributed by atoms with van der Waals surface area (Å²) in [6, 6.07) is 17.2. The maximum atomic E-state index is 8.79. The van der Waals surface area contributed by atoms with Crippen LogP contribution in [0.15, 0.2) is 48.5 Å². The first-order valence-electron chi connectivity index (χ1n) is 6.29. The van der Waals surface area contributed by atoms with Gasteiger partial charge in [-0.1, -0.05) is 12.1 Å². The van der Waals surface area contributed by atoms with Gasteiger partial charge in [0, 0.05) is 9.99 Å². The molecule has 0 heterocycles. The van der Waals surface area contributed by atoms with E-state index in [9.17, 15) is 0 Å². The maximum absolute atomic E-state index is 8.79. The van der Waals surface area contributed by atoms with Crippen LogP contribution in [0.4, 0.5) is 0 Å². The van der Waals surface area contributed by atoms with E-state index >= 15 is 0 Å². The Bertz CT molecular complexity index is 607. The molecule has 0 radical (unpaired) electrons. The standard InChI is InChI=1S/C16H14INO2/c17-14-5-2-7-16(11-14)20-9-3-8-19-15-6-1-4-13(10-15)12-18/h1-2,4-7,10-11H,3,8-9H2. The lowest BCUT2D eigenvalue weighted by Crippen LogP contribution is -2.05. The van der Waals surface area contributed by atoms with Gasteiger partial charge in [0.2, 0.25) is 0 Å². The summed E-state index contributed by atoms with van der Waals surface area (Å²) in [6.07, 6.45) is 0.794. The molecule has 0 saturated heterocycles. The van der Waals surface area contributed by atoms with Gasteiger partial charge < -0.3 is 9.47 Å². The largest absolute Gasteiger partial charge is 0.493 e. The molecule has 0 spiro atoms. The van der Waals surface area contributed by atoms with Crippen molar-refractivity contribution in [3.8, 4) is 17.6 Å². The van der Waals surface area contributed by atoms with Crippen molar-refractivity contribution in [3.05, 3.63) is 57.7 Å². The Kier molecular flexibility index (Phi) is 5.69. The number of hydrogen-bond acceptors (Lipinski definition) is 3. The molecule has 0 unspecified atom stereocenters. The van der Waals surface area contributed by atoms with E-state index in [1.165, 1.54) is 0 Å². The van der Waals surface area contributed by atoms with Crippen LogP contribution in [-0.2, 0) is 0 Å². The van der Waals surface area contributed by atoms with Crippen molar-refractivity contribution in [1.82, 2.24) is 0 Å². The second kappa shape index (κ2) is 7.75. The third-order valence-electron chi connectivity index (χ3n) is 2.59. The van der Waals surface area contributed by atoms with Crippen LogP contribution in [0.1, 0.15) is 12.0 Å². The van der Waals surface area contributed by atoms with Gasteiger partial charge in [-0.05, 0) is 59.0 Å². The van der Waals surface area contributed by atoms with E-state index < -0.39 is 0 Å². The van der Waals surface area contributed by atoms with E-state index in [1.54, 1.807) is 12.1 Å². The minimum atomic E-state index is 0.568. The van der Waals surface area contributed by atoms with Crippen molar-refractivity contribution in [1.29, 1.82) is 5.26 Å². The van der Waals surface area contributed by atoms with E-state index in [2.05, 4.69) is 28.7 Å². The Hall–Kier alpha value is -1.74. The fourth-order valence-electron chi connectivity index (χ4n) is 1.65. The second-order valence-electron chi connectivity index (χ2n) is 4.15. The number of nitriles is 1. The highest BCUT2D eigenvalue weighted by Crippen LogP contribution is 2.15. The van der Waals surface area contributed by atoms with Gasteiger partial charge in [-0.2, -0.15) is 5.26 Å². The summed E-state index contributed by atoms with van der Waals surface area (Å²) >= 11 is 2.26. The first-order chi connectivity index (χ1) is 9.78. The Morgan fingerprint density at radius 3 is 2.25 bits per heavy atom. The molecule has 0 bridgehead atoms. The van der Waals surface area contributed by atoms with Gasteiger partial charge in [0.05, 0.1) is 24.8 Å². The van der Waals surface area contributed by atoms with Crippen molar-refractivity contribution in [2.45, 2.75) is 6.42 Å². The Labute approximate surface area is 132 Å². The molecule has 2 rings (SSSR count). The molecule has 20 heavy (non-hydrogen) atoms. The summed E-state index contributed by atoms with van der Waals surface area (Å²) in [6.45, 7) is 1.18. The predicted octanol–water partition coefficient (Wildman–Crippen LogP) is 4.01. The molecular formula is C16H14INO2. The lowest BCUT2D eigenvalue weighted by molar-refractivity contribution is 0.247. The van der Waals surface area contributed by atoms with Gasteiger partial charge in [-0.25, -0.2) is 0 Å². The first kappa shape index (κ1) is 14.7. The third-order valence-corrected chi connectivity index (χ3v) is 3.26. The molecule has 0 aromatic heterocycles. The number of halogens is 1. The maximum Gasteiger partial charge on any atom is 0.120 e. The monoisotopic (exact) mass is 379 g/mol. The topological polar surface area (TPSA) is 42.2 Å². The predicted molar refractivity (Wildman–Crippen MR) is 85.9 cm³/mol. The van der Waals surface area contributed by atoms with Gasteiger partial charge in [-0.15, -0.1) is 0 Å². The highest BCUT2D eigenvalue weighted by atomic mass is 127. The zero-order chi connectivity index (χ0) is 14.2. The quantitative estimate of drug-likeness (QED) is 0.563. The molecule has 0 aliphatic rings. The van der Waals surface area contributed by atoms with E-state index in [-0.39, 0.29) is 0 Å². The average molecular weight is 379 g/mol. The third kappa shape index (κ3) is 4.74.